The van der Waals surface area contributed by atoms with E-state index in [2.05, 4.69) is 16.6 Å². The van der Waals surface area contributed by atoms with Crippen molar-refractivity contribution in [3.63, 3.8) is 0 Å². The van der Waals surface area contributed by atoms with Crippen molar-refractivity contribution >= 4 is 34.2 Å². The van der Waals surface area contributed by atoms with Gasteiger partial charge < -0.3 is 10.1 Å². The van der Waals surface area contributed by atoms with E-state index in [9.17, 15) is 4.79 Å². The number of ether oxygens (including phenoxy) is 1. The maximum atomic E-state index is 11.9. The topological polar surface area (TPSA) is 51.2 Å². The third-order valence-corrected chi connectivity index (χ3v) is 6.60. The zero-order valence-electron chi connectivity index (χ0n) is 11.9. The highest BCUT2D eigenvalue weighted by atomic mass is 32.2. The monoisotopic (exact) mass is 312 g/mol. The van der Waals surface area contributed by atoms with Gasteiger partial charge in [0, 0.05) is 16.2 Å². The molecule has 0 spiro atoms. The van der Waals surface area contributed by atoms with Gasteiger partial charge in [0.2, 0.25) is 0 Å². The number of hydrogen-bond donors (Lipinski definition) is 1. The number of thiazole rings is 1. The van der Waals surface area contributed by atoms with E-state index in [1.165, 1.54) is 17.7 Å². The highest BCUT2D eigenvalue weighted by Crippen LogP contribution is 2.47. The highest BCUT2D eigenvalue weighted by Gasteiger charge is 2.42. The molecule has 1 aromatic rings. The van der Waals surface area contributed by atoms with Crippen LogP contribution in [0.1, 0.15) is 42.7 Å². The molecule has 1 fully saturated rings. The van der Waals surface area contributed by atoms with Crippen LogP contribution in [0.15, 0.2) is 0 Å². The molecule has 0 aromatic carbocycles. The van der Waals surface area contributed by atoms with Gasteiger partial charge in [-0.15, -0.1) is 11.3 Å². The molecule has 1 N–H and O–H groups in total. The Morgan fingerprint density at radius 1 is 1.60 bits per heavy atom. The first-order valence-electron chi connectivity index (χ1n) is 7.13. The summed E-state index contributed by atoms with van der Waals surface area (Å²) in [6.45, 7) is 3.26. The van der Waals surface area contributed by atoms with Crippen LogP contribution >= 0.6 is 23.1 Å². The number of nitrogens with zero attached hydrogens (tertiary/aromatic N) is 1. The largest absolute Gasteiger partial charge is 0.465 e. The minimum Gasteiger partial charge on any atom is -0.465 e. The molecule has 4 nitrogen and oxygen atoms in total. The van der Waals surface area contributed by atoms with Crippen molar-refractivity contribution in [2.24, 2.45) is 0 Å². The number of fused-ring (bicyclic) bond motifs is 1. The Labute approximate surface area is 127 Å². The summed E-state index contributed by atoms with van der Waals surface area (Å²) >= 11 is 3.64. The fraction of sp³-hybridized carbons (Fsp3) is 0.714. The Balaban J connectivity index is 1.65. The molecule has 1 unspecified atom stereocenters. The maximum absolute atomic E-state index is 11.9. The van der Waals surface area contributed by atoms with E-state index in [1.807, 2.05) is 18.7 Å². The van der Waals surface area contributed by atoms with Crippen LogP contribution in [0.3, 0.4) is 0 Å². The Bertz CT molecular complexity index is 511. The van der Waals surface area contributed by atoms with Gasteiger partial charge in [-0.05, 0) is 38.9 Å². The first kappa shape index (κ1) is 14.2. The molecule has 0 amide bonds. The minimum absolute atomic E-state index is 0.120. The first-order chi connectivity index (χ1) is 9.67. The lowest BCUT2D eigenvalue weighted by atomic mass is 10.1. The van der Waals surface area contributed by atoms with E-state index in [0.717, 1.165) is 30.2 Å². The summed E-state index contributed by atoms with van der Waals surface area (Å²) in [6, 6.07) is 0. The van der Waals surface area contributed by atoms with Crippen molar-refractivity contribution in [2.75, 3.05) is 24.7 Å². The molecular formula is C14H20N2O2S2. The molecule has 0 saturated heterocycles. The molecule has 20 heavy (non-hydrogen) atoms. The predicted octanol–water partition coefficient (Wildman–Crippen LogP) is 3.04. The zero-order valence-corrected chi connectivity index (χ0v) is 13.5. The van der Waals surface area contributed by atoms with Gasteiger partial charge in [0.1, 0.15) is 5.92 Å². The third kappa shape index (κ3) is 2.68. The lowest BCUT2D eigenvalue weighted by Crippen LogP contribution is -2.18. The van der Waals surface area contributed by atoms with E-state index < -0.39 is 0 Å². The van der Waals surface area contributed by atoms with E-state index in [1.54, 1.807) is 11.3 Å². The lowest BCUT2D eigenvalue weighted by molar-refractivity contribution is -0.145. The van der Waals surface area contributed by atoms with E-state index in [-0.39, 0.29) is 11.9 Å². The number of anilines is 1. The number of esters is 1. The van der Waals surface area contributed by atoms with Crippen molar-refractivity contribution < 1.29 is 9.53 Å². The normalized spacial score (nSPS) is 22.4. The molecule has 6 heteroatoms. The van der Waals surface area contributed by atoms with Gasteiger partial charge in [-0.3, -0.25) is 4.79 Å². The van der Waals surface area contributed by atoms with Crippen LogP contribution in [0.5, 0.6) is 0 Å². The smallest absolute Gasteiger partial charge is 0.315 e. The number of aryl methyl sites for hydroxylation is 1. The van der Waals surface area contributed by atoms with E-state index >= 15 is 0 Å². The predicted molar refractivity (Wildman–Crippen MR) is 83.8 cm³/mol. The second-order valence-corrected chi connectivity index (χ2v) is 7.77. The van der Waals surface area contributed by atoms with Gasteiger partial charge in [0.15, 0.2) is 5.13 Å². The summed E-state index contributed by atoms with van der Waals surface area (Å²) < 4.78 is 5.56. The third-order valence-electron chi connectivity index (χ3n) is 4.09. The van der Waals surface area contributed by atoms with Crippen molar-refractivity contribution in [2.45, 2.75) is 43.3 Å². The Morgan fingerprint density at radius 2 is 2.40 bits per heavy atom. The van der Waals surface area contributed by atoms with Gasteiger partial charge in [0.05, 0.1) is 12.3 Å². The highest BCUT2D eigenvalue weighted by molar-refractivity contribution is 8.00. The average molecular weight is 312 g/mol. The first-order valence-corrected chi connectivity index (χ1v) is 9.17. The van der Waals surface area contributed by atoms with Crippen molar-refractivity contribution in [1.82, 2.24) is 4.98 Å². The molecule has 0 aliphatic heterocycles. The summed E-state index contributed by atoms with van der Waals surface area (Å²) in [7, 11) is 0. The average Bonchev–Trinajstić information content (AvgIpc) is 2.95. The van der Waals surface area contributed by atoms with Crippen LogP contribution < -0.4 is 5.32 Å². The molecule has 2 aliphatic carbocycles. The number of nitrogens with one attached hydrogen (secondary N) is 1. The van der Waals surface area contributed by atoms with Gasteiger partial charge in [0.25, 0.3) is 0 Å². The molecule has 0 radical (unpaired) electrons. The van der Waals surface area contributed by atoms with Crippen molar-refractivity contribution in [3.05, 3.63) is 10.6 Å². The number of hydrogen-bond acceptors (Lipinski definition) is 6. The summed E-state index contributed by atoms with van der Waals surface area (Å²) in [5, 5.41) is 4.42. The molecule has 1 saturated carbocycles. The summed E-state index contributed by atoms with van der Waals surface area (Å²) in [6.07, 6.45) is 6.55. The molecule has 1 aromatic heterocycles. The van der Waals surface area contributed by atoms with Crippen molar-refractivity contribution in [1.29, 1.82) is 0 Å². The lowest BCUT2D eigenvalue weighted by Gasteiger charge is -2.12. The van der Waals surface area contributed by atoms with Crippen LogP contribution in [-0.4, -0.2) is 35.1 Å². The van der Waals surface area contributed by atoms with Crippen LogP contribution in [-0.2, 0) is 16.0 Å². The summed E-state index contributed by atoms with van der Waals surface area (Å²) in [5.74, 6) is -0.266. The molecule has 2 aliphatic rings. The number of carbonyl (C=O) groups is 1. The Hall–Kier alpha value is -0.750. The van der Waals surface area contributed by atoms with Crippen molar-refractivity contribution in [3.8, 4) is 0 Å². The number of carbonyl (C=O) groups excluding carboxylic acids is 1. The number of rotatable bonds is 6. The SMILES string of the molecule is CCOC(=O)C1CCc2sc(NCC3(SC)CC3)nc21. The van der Waals surface area contributed by atoms with Gasteiger partial charge >= 0.3 is 5.97 Å². The number of thioether (sulfide) groups is 1. The standard InChI is InChI=1S/C14H20N2O2S2/c1-3-18-12(17)9-4-5-10-11(9)16-13(20-10)15-8-14(19-2)6-7-14/h9H,3-8H2,1-2H3,(H,15,16). The summed E-state index contributed by atoms with van der Waals surface area (Å²) in [5.41, 5.74) is 0.949. The fourth-order valence-corrected chi connectivity index (χ4v) is 4.37. The minimum atomic E-state index is -0.146. The quantitative estimate of drug-likeness (QED) is 0.818. The molecule has 110 valence electrons. The molecule has 1 atom stereocenters. The van der Waals surface area contributed by atoms with Crippen LogP contribution in [0.25, 0.3) is 0 Å². The van der Waals surface area contributed by atoms with Gasteiger partial charge in [-0.1, -0.05) is 0 Å². The number of aromatic nitrogens is 1. The molecule has 0 bridgehead atoms. The molecular weight excluding hydrogens is 292 g/mol. The van der Waals surface area contributed by atoms with Gasteiger partial charge in [-0.25, -0.2) is 4.98 Å². The Morgan fingerprint density at radius 3 is 3.05 bits per heavy atom. The van der Waals surface area contributed by atoms with E-state index in [0.29, 0.717) is 11.4 Å². The molecule has 3 rings (SSSR count). The second-order valence-electron chi connectivity index (χ2n) is 5.41. The second kappa shape index (κ2) is 5.56. The van der Waals surface area contributed by atoms with Crippen LogP contribution in [0.4, 0.5) is 5.13 Å². The fourth-order valence-electron chi connectivity index (χ4n) is 2.60. The summed E-state index contributed by atoms with van der Waals surface area (Å²) in [4.78, 5) is 17.8. The van der Waals surface area contributed by atoms with Crippen LogP contribution in [0, 0.1) is 0 Å². The van der Waals surface area contributed by atoms with E-state index in [4.69, 9.17) is 4.74 Å². The van der Waals surface area contributed by atoms with Gasteiger partial charge in [-0.2, -0.15) is 11.8 Å². The molecule has 1 heterocycles. The Kier molecular flexibility index (Phi) is 3.95. The zero-order chi connectivity index (χ0) is 14.2. The van der Waals surface area contributed by atoms with Crippen LogP contribution in [0.2, 0.25) is 0 Å². The maximum Gasteiger partial charge on any atom is 0.315 e.